The first kappa shape index (κ1) is 16.0. The molecule has 0 radical (unpaired) electrons. The third kappa shape index (κ3) is 4.29. The fourth-order valence-corrected chi connectivity index (χ4v) is 3.51. The van der Waals surface area contributed by atoms with Gasteiger partial charge in [0.25, 0.3) is 0 Å². The van der Waals surface area contributed by atoms with Crippen LogP contribution >= 0.6 is 0 Å². The van der Waals surface area contributed by atoms with E-state index in [1.807, 2.05) is 0 Å². The summed E-state index contributed by atoms with van der Waals surface area (Å²) >= 11 is 0. The van der Waals surface area contributed by atoms with E-state index in [9.17, 15) is 9.18 Å². The highest BCUT2D eigenvalue weighted by atomic mass is 19.1. The van der Waals surface area contributed by atoms with Gasteiger partial charge in [-0.2, -0.15) is 0 Å². The molecule has 1 aliphatic rings. The zero-order chi connectivity index (χ0) is 15.2. The van der Waals surface area contributed by atoms with Gasteiger partial charge in [0.2, 0.25) is 0 Å². The van der Waals surface area contributed by atoms with Gasteiger partial charge in [-0.25, -0.2) is 9.18 Å². The molecule has 0 bridgehead atoms. The van der Waals surface area contributed by atoms with Gasteiger partial charge >= 0.3 is 5.97 Å². The number of benzene rings is 1. The van der Waals surface area contributed by atoms with E-state index in [1.165, 1.54) is 44.6 Å². The van der Waals surface area contributed by atoms with E-state index in [4.69, 9.17) is 5.11 Å². The summed E-state index contributed by atoms with van der Waals surface area (Å²) < 4.78 is 14.1. The maximum absolute atomic E-state index is 14.1. The first-order valence-corrected chi connectivity index (χ1v) is 8.12. The van der Waals surface area contributed by atoms with Crippen LogP contribution in [-0.4, -0.2) is 11.1 Å². The van der Waals surface area contributed by atoms with Crippen LogP contribution in [0.25, 0.3) is 0 Å². The summed E-state index contributed by atoms with van der Waals surface area (Å²) in [6.07, 6.45) is 9.31. The first-order valence-electron chi connectivity index (χ1n) is 8.12. The highest BCUT2D eigenvalue weighted by Crippen LogP contribution is 2.34. The van der Waals surface area contributed by atoms with E-state index >= 15 is 0 Å². The van der Waals surface area contributed by atoms with Gasteiger partial charge in [0, 0.05) is 0 Å². The van der Waals surface area contributed by atoms with E-state index in [0.29, 0.717) is 17.9 Å². The highest BCUT2D eigenvalue weighted by molar-refractivity contribution is 5.88. The van der Waals surface area contributed by atoms with Crippen LogP contribution in [0, 0.1) is 17.7 Å². The Morgan fingerprint density at radius 3 is 2.38 bits per heavy atom. The molecule has 0 aromatic heterocycles. The minimum atomic E-state index is -1.19. The average Bonchev–Trinajstić information content (AvgIpc) is 2.48. The minimum absolute atomic E-state index is 0.209. The van der Waals surface area contributed by atoms with Crippen molar-refractivity contribution in [1.82, 2.24) is 0 Å². The SMILES string of the molecule is CCCC1CCC(CCc2cccc(C(=O)O)c2F)CC1. The molecular formula is C18H25FO2. The lowest BCUT2D eigenvalue weighted by molar-refractivity contribution is 0.0691. The van der Waals surface area contributed by atoms with Crippen LogP contribution in [0.3, 0.4) is 0 Å². The first-order chi connectivity index (χ1) is 10.1. The van der Waals surface area contributed by atoms with Gasteiger partial charge in [-0.1, -0.05) is 57.6 Å². The Balaban J connectivity index is 1.87. The van der Waals surface area contributed by atoms with Crippen molar-refractivity contribution in [2.45, 2.75) is 58.3 Å². The van der Waals surface area contributed by atoms with Gasteiger partial charge in [-0.05, 0) is 36.3 Å². The smallest absolute Gasteiger partial charge is 0.338 e. The topological polar surface area (TPSA) is 37.3 Å². The van der Waals surface area contributed by atoms with Gasteiger partial charge in [0.1, 0.15) is 5.82 Å². The molecule has 116 valence electrons. The Kier molecular flexibility index (Phi) is 5.77. The average molecular weight is 292 g/mol. The molecular weight excluding hydrogens is 267 g/mol. The van der Waals surface area contributed by atoms with Gasteiger partial charge in [-0.15, -0.1) is 0 Å². The summed E-state index contributed by atoms with van der Waals surface area (Å²) in [6.45, 7) is 2.24. The Bertz CT molecular complexity index is 476. The highest BCUT2D eigenvalue weighted by Gasteiger charge is 2.21. The minimum Gasteiger partial charge on any atom is -0.478 e. The fraction of sp³-hybridized carbons (Fsp3) is 0.611. The molecule has 1 saturated carbocycles. The summed E-state index contributed by atoms with van der Waals surface area (Å²) in [7, 11) is 0. The third-order valence-corrected chi connectivity index (χ3v) is 4.79. The number of carboxylic acids is 1. The number of aromatic carboxylic acids is 1. The van der Waals surface area contributed by atoms with Gasteiger partial charge < -0.3 is 5.11 Å². The van der Waals surface area contributed by atoms with Crippen molar-refractivity contribution in [3.8, 4) is 0 Å². The molecule has 2 nitrogen and oxygen atoms in total. The van der Waals surface area contributed by atoms with Gasteiger partial charge in [0.05, 0.1) is 5.56 Å². The van der Waals surface area contributed by atoms with Crippen LogP contribution < -0.4 is 0 Å². The molecule has 1 aliphatic carbocycles. The number of rotatable bonds is 6. The maximum Gasteiger partial charge on any atom is 0.338 e. The largest absolute Gasteiger partial charge is 0.478 e. The lowest BCUT2D eigenvalue weighted by atomic mass is 9.78. The van der Waals surface area contributed by atoms with E-state index in [2.05, 4.69) is 6.92 Å². The molecule has 0 saturated heterocycles. The summed E-state index contributed by atoms with van der Waals surface area (Å²) in [5.41, 5.74) is 0.338. The molecule has 0 aliphatic heterocycles. The lowest BCUT2D eigenvalue weighted by Gasteiger charge is -2.28. The second-order valence-corrected chi connectivity index (χ2v) is 6.30. The van der Waals surface area contributed by atoms with Crippen LogP contribution in [0.15, 0.2) is 18.2 Å². The molecule has 0 unspecified atom stereocenters. The standard InChI is InChI=1S/C18H25FO2/c1-2-4-13-7-9-14(10-8-13)11-12-15-5-3-6-16(17(15)19)18(20)21/h3,5-6,13-14H,2,4,7-12H2,1H3,(H,20,21). The van der Waals surface area contributed by atoms with Gasteiger partial charge in [0.15, 0.2) is 0 Å². The fourth-order valence-electron chi connectivity index (χ4n) is 3.51. The van der Waals surface area contributed by atoms with E-state index in [1.54, 1.807) is 12.1 Å². The summed E-state index contributed by atoms with van der Waals surface area (Å²) in [5.74, 6) is -0.177. The second kappa shape index (κ2) is 7.58. The molecule has 2 rings (SSSR count). The number of aryl methyl sites for hydroxylation is 1. The number of halogens is 1. The molecule has 0 heterocycles. The Morgan fingerprint density at radius 1 is 1.19 bits per heavy atom. The van der Waals surface area contributed by atoms with Crippen molar-refractivity contribution in [3.05, 3.63) is 35.1 Å². The van der Waals surface area contributed by atoms with Gasteiger partial charge in [-0.3, -0.25) is 0 Å². The molecule has 1 fully saturated rings. The Labute approximate surface area is 126 Å². The predicted octanol–water partition coefficient (Wildman–Crippen LogP) is 5.06. The summed E-state index contributed by atoms with van der Waals surface area (Å²) in [6, 6.07) is 4.68. The van der Waals surface area contributed by atoms with E-state index < -0.39 is 11.8 Å². The van der Waals surface area contributed by atoms with Crippen molar-refractivity contribution in [1.29, 1.82) is 0 Å². The molecule has 0 spiro atoms. The summed E-state index contributed by atoms with van der Waals surface area (Å²) in [5, 5.41) is 8.95. The molecule has 3 heteroatoms. The molecule has 0 atom stereocenters. The number of hydrogen-bond donors (Lipinski definition) is 1. The molecule has 21 heavy (non-hydrogen) atoms. The zero-order valence-electron chi connectivity index (χ0n) is 12.8. The normalized spacial score (nSPS) is 22.2. The molecule has 1 aromatic rings. The molecule has 1 N–H and O–H groups in total. The second-order valence-electron chi connectivity index (χ2n) is 6.30. The van der Waals surface area contributed by atoms with Crippen molar-refractivity contribution in [3.63, 3.8) is 0 Å². The third-order valence-electron chi connectivity index (χ3n) is 4.79. The van der Waals surface area contributed by atoms with E-state index in [-0.39, 0.29) is 5.56 Å². The Morgan fingerprint density at radius 2 is 1.81 bits per heavy atom. The monoisotopic (exact) mass is 292 g/mol. The van der Waals surface area contributed by atoms with Crippen LogP contribution in [-0.2, 0) is 6.42 Å². The maximum atomic E-state index is 14.1. The van der Waals surface area contributed by atoms with Crippen LogP contribution in [0.2, 0.25) is 0 Å². The van der Waals surface area contributed by atoms with Crippen molar-refractivity contribution < 1.29 is 14.3 Å². The van der Waals surface area contributed by atoms with Crippen molar-refractivity contribution in [2.24, 2.45) is 11.8 Å². The summed E-state index contributed by atoms with van der Waals surface area (Å²) in [4.78, 5) is 10.9. The molecule has 0 amide bonds. The van der Waals surface area contributed by atoms with Crippen molar-refractivity contribution in [2.75, 3.05) is 0 Å². The van der Waals surface area contributed by atoms with Crippen molar-refractivity contribution >= 4 is 5.97 Å². The zero-order valence-corrected chi connectivity index (χ0v) is 12.8. The van der Waals surface area contributed by atoms with E-state index in [0.717, 1.165) is 12.3 Å². The Hall–Kier alpha value is -1.38. The lowest BCUT2D eigenvalue weighted by Crippen LogP contribution is -2.15. The van der Waals surface area contributed by atoms with Crippen LogP contribution in [0.1, 0.15) is 67.8 Å². The quantitative estimate of drug-likeness (QED) is 0.795. The number of hydrogen-bond acceptors (Lipinski definition) is 1. The van der Waals surface area contributed by atoms with Crippen LogP contribution in [0.4, 0.5) is 4.39 Å². The van der Waals surface area contributed by atoms with Crippen LogP contribution in [0.5, 0.6) is 0 Å². The number of carbonyl (C=O) groups is 1. The number of carboxylic acid groups (broad SMARTS) is 1. The molecule has 1 aromatic carbocycles. The predicted molar refractivity (Wildman–Crippen MR) is 82.0 cm³/mol.